The van der Waals surface area contributed by atoms with Gasteiger partial charge in [-0.3, -0.25) is 4.79 Å². The Morgan fingerprint density at radius 1 is 1.16 bits per heavy atom. The molecule has 2 N–H and O–H groups in total. The molecule has 37 heavy (non-hydrogen) atoms. The molecule has 188 valence electrons. The molecule has 4 aromatic rings. The lowest BCUT2D eigenvalue weighted by atomic mass is 10.1. The second kappa shape index (κ2) is 12.2. The largest absolute Gasteiger partial charge is 0.490 e. The first-order valence-electron chi connectivity index (χ1n) is 11.8. The van der Waals surface area contributed by atoms with Gasteiger partial charge in [0.1, 0.15) is 24.1 Å². The van der Waals surface area contributed by atoms with Gasteiger partial charge < -0.3 is 19.8 Å². The summed E-state index contributed by atoms with van der Waals surface area (Å²) in [6.45, 7) is 2.76. The Kier molecular flexibility index (Phi) is 8.60. The van der Waals surface area contributed by atoms with E-state index in [1.807, 2.05) is 43.5 Å². The van der Waals surface area contributed by atoms with Crippen molar-refractivity contribution < 1.29 is 18.7 Å². The molecule has 0 saturated heterocycles. The Morgan fingerprint density at radius 2 is 2.00 bits per heavy atom. The highest BCUT2D eigenvalue weighted by Crippen LogP contribution is 2.38. The van der Waals surface area contributed by atoms with Crippen molar-refractivity contribution >= 4 is 38.8 Å². The molecule has 4 rings (SSSR count). The van der Waals surface area contributed by atoms with Crippen LogP contribution in [-0.4, -0.2) is 24.0 Å². The maximum atomic E-state index is 13.5. The minimum absolute atomic E-state index is 0.0262. The van der Waals surface area contributed by atoms with Crippen molar-refractivity contribution in [3.05, 3.63) is 99.4 Å². The zero-order valence-corrected chi connectivity index (χ0v) is 21.8. The summed E-state index contributed by atoms with van der Waals surface area (Å²) in [5, 5.41) is 13.6. The number of fused-ring (bicyclic) bond motifs is 1. The molecule has 0 saturated carbocycles. The Labute approximate surface area is 222 Å². The van der Waals surface area contributed by atoms with E-state index < -0.39 is 5.91 Å². The van der Waals surface area contributed by atoms with Gasteiger partial charge in [-0.15, -0.1) is 0 Å². The number of nitrogens with one attached hydrogen (secondary N) is 2. The predicted octanol–water partition coefficient (Wildman–Crippen LogP) is 6.31. The number of amides is 1. The molecule has 0 fully saturated rings. The van der Waals surface area contributed by atoms with Gasteiger partial charge in [-0.1, -0.05) is 30.3 Å². The van der Waals surface area contributed by atoms with E-state index in [2.05, 4.69) is 26.2 Å². The van der Waals surface area contributed by atoms with Gasteiger partial charge in [0.15, 0.2) is 11.5 Å². The Morgan fingerprint density at radius 3 is 2.78 bits per heavy atom. The van der Waals surface area contributed by atoms with E-state index >= 15 is 0 Å². The molecule has 0 unspecified atom stereocenters. The van der Waals surface area contributed by atoms with Crippen molar-refractivity contribution in [1.82, 2.24) is 10.3 Å². The van der Waals surface area contributed by atoms with E-state index in [1.165, 1.54) is 18.2 Å². The number of benzene rings is 3. The number of para-hydroxylation sites is 1. The molecule has 0 radical (unpaired) electrons. The van der Waals surface area contributed by atoms with E-state index in [0.29, 0.717) is 46.7 Å². The van der Waals surface area contributed by atoms with E-state index in [9.17, 15) is 14.4 Å². The lowest BCUT2D eigenvalue weighted by molar-refractivity contribution is -0.117. The number of rotatable bonds is 10. The number of aromatic amines is 1. The first-order valence-corrected chi connectivity index (χ1v) is 12.6. The summed E-state index contributed by atoms with van der Waals surface area (Å²) < 4.78 is 25.7. The number of H-pyrrole nitrogens is 1. The third kappa shape index (κ3) is 6.57. The van der Waals surface area contributed by atoms with Gasteiger partial charge >= 0.3 is 0 Å². The second-order valence-corrected chi connectivity index (χ2v) is 9.07. The van der Waals surface area contributed by atoms with E-state index in [0.717, 1.165) is 16.5 Å². The maximum absolute atomic E-state index is 13.5. The summed E-state index contributed by atoms with van der Waals surface area (Å²) in [6, 6.07) is 19.6. The average molecular weight is 562 g/mol. The summed E-state index contributed by atoms with van der Waals surface area (Å²) in [6.07, 6.45) is 4.07. The molecular weight excluding hydrogens is 537 g/mol. The standard InChI is InChI=1S/C29H25BrFN3O3/c1-2-36-27-15-20(14-25(30)28(27)37-18-19-6-5-7-23(31)13-19)12-22(16-32)29(35)33-11-10-21-17-34-26-9-4-3-8-24(21)26/h3-9,12-15,17,34H,2,10-11,18H2,1H3,(H,33,35)/b22-12-. The SMILES string of the molecule is CCOc1cc(/C=C(/C#N)C(=O)NCCc2c[nH]c3ccccc23)cc(Br)c1OCc1cccc(F)c1. The molecule has 8 heteroatoms. The van der Waals surface area contributed by atoms with Gasteiger partial charge in [-0.2, -0.15) is 5.26 Å². The van der Waals surface area contributed by atoms with Crippen molar-refractivity contribution in [2.24, 2.45) is 0 Å². The molecular formula is C29H25BrFN3O3. The number of halogens is 2. The van der Waals surface area contributed by atoms with Crippen LogP contribution in [-0.2, 0) is 17.8 Å². The Hall–Kier alpha value is -4.09. The number of ether oxygens (including phenoxy) is 2. The lowest BCUT2D eigenvalue weighted by Crippen LogP contribution is -2.26. The van der Waals surface area contributed by atoms with Crippen LogP contribution in [0.2, 0.25) is 0 Å². The van der Waals surface area contributed by atoms with Crippen LogP contribution in [0.5, 0.6) is 11.5 Å². The fraction of sp³-hybridized carbons (Fsp3) is 0.172. The quantitative estimate of drug-likeness (QED) is 0.175. The van der Waals surface area contributed by atoms with Crippen molar-refractivity contribution in [3.63, 3.8) is 0 Å². The van der Waals surface area contributed by atoms with Crippen LogP contribution in [0.1, 0.15) is 23.6 Å². The lowest BCUT2D eigenvalue weighted by Gasteiger charge is -2.15. The predicted molar refractivity (Wildman–Crippen MR) is 145 cm³/mol. The Balaban J connectivity index is 1.46. The smallest absolute Gasteiger partial charge is 0.261 e. The van der Waals surface area contributed by atoms with Crippen molar-refractivity contribution in [1.29, 1.82) is 5.26 Å². The number of aromatic nitrogens is 1. The van der Waals surface area contributed by atoms with Crippen LogP contribution in [0.4, 0.5) is 4.39 Å². The van der Waals surface area contributed by atoms with Crippen LogP contribution in [0.25, 0.3) is 17.0 Å². The third-order valence-electron chi connectivity index (χ3n) is 5.63. The molecule has 0 aliphatic carbocycles. The fourth-order valence-corrected chi connectivity index (χ4v) is 4.49. The average Bonchev–Trinajstić information content (AvgIpc) is 3.30. The third-order valence-corrected chi connectivity index (χ3v) is 6.22. The van der Waals surface area contributed by atoms with E-state index in [-0.39, 0.29) is 18.0 Å². The van der Waals surface area contributed by atoms with Crippen LogP contribution in [0, 0.1) is 17.1 Å². The highest BCUT2D eigenvalue weighted by molar-refractivity contribution is 9.10. The number of hydrogen-bond donors (Lipinski definition) is 2. The maximum Gasteiger partial charge on any atom is 0.261 e. The zero-order valence-electron chi connectivity index (χ0n) is 20.2. The summed E-state index contributed by atoms with van der Waals surface area (Å²) >= 11 is 3.49. The Bertz CT molecular complexity index is 1490. The number of hydrogen-bond acceptors (Lipinski definition) is 4. The van der Waals surface area contributed by atoms with Crippen molar-refractivity contribution in [3.8, 4) is 17.6 Å². The minimum Gasteiger partial charge on any atom is -0.490 e. The van der Waals surface area contributed by atoms with Crippen molar-refractivity contribution in [2.45, 2.75) is 20.0 Å². The molecule has 3 aromatic carbocycles. The van der Waals surface area contributed by atoms with E-state index in [1.54, 1.807) is 24.3 Å². The van der Waals surface area contributed by atoms with Crippen LogP contribution in [0.3, 0.4) is 0 Å². The first kappa shape index (κ1) is 26.0. The number of nitrogens with zero attached hydrogens (tertiary/aromatic N) is 1. The normalized spacial score (nSPS) is 11.2. The topological polar surface area (TPSA) is 87.1 Å². The fourth-order valence-electron chi connectivity index (χ4n) is 3.92. The highest BCUT2D eigenvalue weighted by Gasteiger charge is 2.15. The molecule has 0 bridgehead atoms. The zero-order chi connectivity index (χ0) is 26.2. The molecule has 1 aromatic heterocycles. The monoisotopic (exact) mass is 561 g/mol. The number of carbonyl (C=O) groups excluding carboxylic acids is 1. The van der Waals surface area contributed by atoms with Gasteiger partial charge in [0.2, 0.25) is 0 Å². The van der Waals surface area contributed by atoms with Crippen LogP contribution < -0.4 is 14.8 Å². The summed E-state index contributed by atoms with van der Waals surface area (Å²) in [5.41, 5.74) is 3.38. The number of carbonyl (C=O) groups is 1. The molecule has 1 heterocycles. The molecule has 6 nitrogen and oxygen atoms in total. The van der Waals surface area contributed by atoms with Gasteiger partial charge in [0, 0.05) is 23.6 Å². The minimum atomic E-state index is -0.456. The summed E-state index contributed by atoms with van der Waals surface area (Å²) in [5.74, 6) is 0.0961. The van der Waals surface area contributed by atoms with Crippen LogP contribution in [0.15, 0.2) is 76.9 Å². The molecule has 0 aliphatic rings. The summed E-state index contributed by atoms with van der Waals surface area (Å²) in [7, 11) is 0. The van der Waals surface area contributed by atoms with Gasteiger partial charge in [-0.25, -0.2) is 4.39 Å². The molecule has 1 amide bonds. The molecule has 0 spiro atoms. The number of nitriles is 1. The molecule has 0 atom stereocenters. The van der Waals surface area contributed by atoms with Crippen LogP contribution >= 0.6 is 15.9 Å². The van der Waals surface area contributed by atoms with Crippen molar-refractivity contribution in [2.75, 3.05) is 13.2 Å². The van der Waals surface area contributed by atoms with Gasteiger partial charge in [0.25, 0.3) is 5.91 Å². The first-order chi connectivity index (χ1) is 18.0. The second-order valence-electron chi connectivity index (χ2n) is 8.22. The van der Waals surface area contributed by atoms with E-state index in [4.69, 9.17) is 9.47 Å². The van der Waals surface area contributed by atoms with Gasteiger partial charge in [0.05, 0.1) is 11.1 Å². The van der Waals surface area contributed by atoms with Gasteiger partial charge in [-0.05, 0) is 82.4 Å². The summed E-state index contributed by atoms with van der Waals surface area (Å²) in [4.78, 5) is 15.9. The highest BCUT2D eigenvalue weighted by atomic mass is 79.9. The molecule has 0 aliphatic heterocycles.